The van der Waals surface area contributed by atoms with Gasteiger partial charge in [-0.25, -0.2) is 22.2 Å². The van der Waals surface area contributed by atoms with Crippen molar-refractivity contribution < 1.29 is 31.8 Å². The minimum Gasteiger partial charge on any atom is -0.393 e. The number of hydrogen-bond acceptors (Lipinski definition) is 8. The zero-order valence-electron chi connectivity index (χ0n) is 19.0. The van der Waals surface area contributed by atoms with E-state index in [9.17, 15) is 27.1 Å². The molecule has 0 saturated heterocycles. The quantitative estimate of drug-likeness (QED) is 0.327. The van der Waals surface area contributed by atoms with Gasteiger partial charge in [0.15, 0.2) is 0 Å². The van der Waals surface area contributed by atoms with Crippen LogP contribution < -0.4 is 11.1 Å². The molecule has 0 radical (unpaired) electrons. The fraction of sp³-hybridized carbons (Fsp3) is 0.304. The van der Waals surface area contributed by atoms with Crippen molar-refractivity contribution in [2.75, 3.05) is 23.9 Å². The Hall–Kier alpha value is -2.93. The molecule has 4 N–H and O–H groups in total. The third kappa shape index (κ3) is 7.52. The molecule has 8 nitrogen and oxygen atoms in total. The number of anilines is 2. The van der Waals surface area contributed by atoms with Gasteiger partial charge in [-0.2, -0.15) is 0 Å². The van der Waals surface area contributed by atoms with Gasteiger partial charge in [0.1, 0.15) is 32.3 Å². The van der Waals surface area contributed by atoms with E-state index >= 15 is 0 Å². The lowest BCUT2D eigenvalue weighted by Crippen LogP contribution is -2.12. The predicted octanol–water partition coefficient (Wildman–Crippen LogP) is 3.42. The first-order chi connectivity index (χ1) is 16.4. The number of halogens is 2. The number of thiophene rings is 1. The van der Waals surface area contributed by atoms with Crippen LogP contribution in [0.4, 0.5) is 19.6 Å². The molecule has 0 fully saturated rings. The van der Waals surface area contributed by atoms with Gasteiger partial charge in [0.25, 0.3) is 5.91 Å². The lowest BCUT2D eigenvalue weighted by molar-refractivity contribution is 0.100. The molecule has 2 aromatic heterocycles. The van der Waals surface area contributed by atoms with E-state index in [1.165, 1.54) is 13.0 Å². The topological polar surface area (TPSA) is 132 Å². The van der Waals surface area contributed by atoms with Gasteiger partial charge < -0.3 is 20.9 Å². The highest BCUT2D eigenvalue weighted by molar-refractivity contribution is 7.90. The lowest BCUT2D eigenvalue weighted by atomic mass is 10.0. The van der Waals surface area contributed by atoms with Crippen molar-refractivity contribution in [1.82, 2.24) is 4.98 Å². The van der Waals surface area contributed by atoms with Gasteiger partial charge in [0.05, 0.1) is 41.9 Å². The summed E-state index contributed by atoms with van der Waals surface area (Å²) < 4.78 is 57.3. The van der Waals surface area contributed by atoms with Crippen LogP contribution in [0.3, 0.4) is 0 Å². The largest absolute Gasteiger partial charge is 0.393 e. The number of amides is 1. The molecular formula is C23H25F2N3O5S2. The number of carbonyl (C=O) groups excluding carboxylic acids is 1. The van der Waals surface area contributed by atoms with Crippen molar-refractivity contribution in [2.45, 2.75) is 26.1 Å². The maximum absolute atomic E-state index is 14.8. The third-order valence-corrected chi connectivity index (χ3v) is 6.75. The summed E-state index contributed by atoms with van der Waals surface area (Å²) >= 11 is 0.935. The van der Waals surface area contributed by atoms with Gasteiger partial charge in [-0.15, -0.1) is 11.3 Å². The summed E-state index contributed by atoms with van der Waals surface area (Å²) in [5.74, 6) is -2.22. The van der Waals surface area contributed by atoms with Crippen molar-refractivity contribution in [2.24, 2.45) is 5.73 Å². The van der Waals surface area contributed by atoms with Crippen LogP contribution in [0.2, 0.25) is 0 Å². The summed E-state index contributed by atoms with van der Waals surface area (Å²) in [5, 5.41) is 12.7. The number of hydrogen-bond donors (Lipinski definition) is 3. The summed E-state index contributed by atoms with van der Waals surface area (Å²) in [7, 11) is -3.14. The predicted molar refractivity (Wildman–Crippen MR) is 130 cm³/mol. The van der Waals surface area contributed by atoms with Crippen LogP contribution in [0, 0.1) is 11.6 Å². The first kappa shape index (κ1) is 26.7. The van der Waals surface area contributed by atoms with Crippen LogP contribution in [-0.4, -0.2) is 49.1 Å². The van der Waals surface area contributed by atoms with Gasteiger partial charge in [-0.1, -0.05) is 6.07 Å². The maximum Gasteiger partial charge on any atom is 0.251 e. The first-order valence-corrected chi connectivity index (χ1v) is 13.4. The number of nitrogens with two attached hydrogens (primary N) is 1. The summed E-state index contributed by atoms with van der Waals surface area (Å²) in [6.45, 7) is 1.61. The number of ether oxygens (including phenoxy) is 1. The number of benzene rings is 1. The maximum atomic E-state index is 14.8. The number of carbonyl (C=O) groups is 1. The zero-order valence-corrected chi connectivity index (χ0v) is 20.7. The number of nitrogens with one attached hydrogen (secondary N) is 1. The highest BCUT2D eigenvalue weighted by Crippen LogP contribution is 2.39. The molecule has 1 atom stereocenters. The molecule has 2 heterocycles. The second kappa shape index (κ2) is 11.2. The highest BCUT2D eigenvalue weighted by atomic mass is 32.2. The molecule has 0 aliphatic rings. The van der Waals surface area contributed by atoms with Crippen molar-refractivity contribution >= 4 is 37.9 Å². The standard InChI is InChI=1S/C23H25F2N3O5S2/c1-13(29)8-14-9-17(24)21(18(25)10-14)19-11-16(22(26)30)23(34-19)28-20-5-3-4-15(27-20)12-33-6-7-35(2,31)32/h3-5,9-11,13,29H,6-8,12H2,1-2H3,(H2,26,30)(H,27,28). The van der Waals surface area contributed by atoms with E-state index in [0.717, 1.165) is 29.7 Å². The number of sulfone groups is 1. The molecule has 1 unspecified atom stereocenters. The minimum atomic E-state index is -3.14. The van der Waals surface area contributed by atoms with E-state index < -0.39 is 33.5 Å². The summed E-state index contributed by atoms with van der Waals surface area (Å²) in [6.07, 6.45) is 0.455. The van der Waals surface area contributed by atoms with Gasteiger partial charge >= 0.3 is 0 Å². The molecule has 0 aliphatic heterocycles. The molecule has 3 rings (SSSR count). The molecule has 0 saturated carbocycles. The molecule has 1 aromatic carbocycles. The lowest BCUT2D eigenvalue weighted by Gasteiger charge is -2.09. The van der Waals surface area contributed by atoms with Crippen LogP contribution in [0.15, 0.2) is 36.4 Å². The van der Waals surface area contributed by atoms with Crippen molar-refractivity contribution in [3.8, 4) is 10.4 Å². The third-order valence-electron chi connectivity index (χ3n) is 4.77. The number of pyridine rings is 1. The van der Waals surface area contributed by atoms with Gasteiger partial charge in [0, 0.05) is 11.1 Å². The number of aromatic nitrogens is 1. The molecular weight excluding hydrogens is 500 g/mol. The second-order valence-electron chi connectivity index (χ2n) is 8.03. The molecule has 35 heavy (non-hydrogen) atoms. The van der Waals surface area contributed by atoms with E-state index in [1.54, 1.807) is 18.2 Å². The highest BCUT2D eigenvalue weighted by Gasteiger charge is 2.21. The SMILES string of the molecule is CC(O)Cc1cc(F)c(-c2cc(C(N)=O)c(Nc3cccc(COCCS(C)(=O)=O)n3)s2)c(F)c1. The van der Waals surface area contributed by atoms with Crippen LogP contribution in [0.1, 0.15) is 28.5 Å². The number of aliphatic hydroxyl groups is 1. The smallest absolute Gasteiger partial charge is 0.251 e. The summed E-state index contributed by atoms with van der Waals surface area (Å²) in [5.41, 5.74) is 6.03. The Bertz CT molecular complexity index is 1300. The number of nitrogens with zero attached hydrogens (tertiary/aromatic N) is 1. The van der Waals surface area contributed by atoms with Crippen LogP contribution in [0.5, 0.6) is 0 Å². The van der Waals surface area contributed by atoms with Crippen LogP contribution in [-0.2, 0) is 27.6 Å². The fourth-order valence-electron chi connectivity index (χ4n) is 3.24. The van der Waals surface area contributed by atoms with Gasteiger partial charge in [0.2, 0.25) is 0 Å². The molecule has 0 bridgehead atoms. The number of aliphatic hydroxyl groups excluding tert-OH is 1. The van der Waals surface area contributed by atoms with E-state index in [2.05, 4.69) is 10.3 Å². The van der Waals surface area contributed by atoms with Crippen LogP contribution in [0.25, 0.3) is 10.4 Å². The minimum absolute atomic E-state index is 0.0193. The van der Waals surface area contributed by atoms with Gasteiger partial charge in [-0.05, 0) is 49.2 Å². The Kier molecular flexibility index (Phi) is 8.54. The molecule has 0 spiro atoms. The van der Waals surface area contributed by atoms with Gasteiger partial charge in [-0.3, -0.25) is 4.79 Å². The Morgan fingerprint density at radius 2 is 1.94 bits per heavy atom. The Labute approximate surface area is 205 Å². The molecule has 188 valence electrons. The normalized spacial score (nSPS) is 12.5. The Morgan fingerprint density at radius 3 is 2.54 bits per heavy atom. The Morgan fingerprint density at radius 1 is 1.26 bits per heavy atom. The van der Waals surface area contributed by atoms with Crippen LogP contribution >= 0.6 is 11.3 Å². The Balaban J connectivity index is 1.84. The van der Waals surface area contributed by atoms with Crippen molar-refractivity contribution in [3.05, 3.63) is 64.9 Å². The fourth-order valence-corrected chi connectivity index (χ4v) is 4.78. The van der Waals surface area contributed by atoms with E-state index in [0.29, 0.717) is 17.1 Å². The zero-order chi connectivity index (χ0) is 25.8. The monoisotopic (exact) mass is 525 g/mol. The molecule has 0 aliphatic carbocycles. The average Bonchev–Trinajstić information content (AvgIpc) is 3.13. The van der Waals surface area contributed by atoms with E-state index in [-0.39, 0.29) is 46.4 Å². The second-order valence-corrected chi connectivity index (χ2v) is 11.3. The average molecular weight is 526 g/mol. The van der Waals surface area contributed by atoms with Crippen molar-refractivity contribution in [3.63, 3.8) is 0 Å². The molecule has 1 amide bonds. The summed E-state index contributed by atoms with van der Waals surface area (Å²) in [4.78, 5) is 16.5. The molecule has 12 heteroatoms. The number of primary amides is 1. The first-order valence-electron chi connectivity index (χ1n) is 10.5. The summed E-state index contributed by atoms with van der Waals surface area (Å²) in [6, 6.07) is 8.59. The van der Waals surface area contributed by atoms with E-state index in [4.69, 9.17) is 10.5 Å². The molecule has 3 aromatic rings. The van der Waals surface area contributed by atoms with E-state index in [1.807, 2.05) is 0 Å². The van der Waals surface area contributed by atoms with Crippen molar-refractivity contribution in [1.29, 1.82) is 0 Å². The number of rotatable bonds is 11.